The minimum Gasteiger partial charge on any atom is -0.388 e. The Bertz CT molecular complexity index is 196. The molecule has 0 aromatic carbocycles. The van der Waals surface area contributed by atoms with E-state index in [0.717, 1.165) is 0 Å². The van der Waals surface area contributed by atoms with Crippen molar-refractivity contribution in [1.29, 1.82) is 0 Å². The van der Waals surface area contributed by atoms with Gasteiger partial charge < -0.3 is 24.8 Å². The van der Waals surface area contributed by atoms with Crippen LogP contribution in [0.2, 0.25) is 0 Å². The standard InChI is InChI=1S/C9H16O5/c1-3-4-13-9-8(12)7(11)6(10)5(2)14-9/h3,5-12H,1,4H2,2H3. The summed E-state index contributed by atoms with van der Waals surface area (Å²) in [7, 11) is 0. The Morgan fingerprint density at radius 1 is 1.29 bits per heavy atom. The van der Waals surface area contributed by atoms with Gasteiger partial charge in [0.05, 0.1) is 12.7 Å². The van der Waals surface area contributed by atoms with Crippen LogP contribution in [0.25, 0.3) is 0 Å². The molecule has 0 aliphatic carbocycles. The molecule has 0 spiro atoms. The summed E-state index contributed by atoms with van der Waals surface area (Å²) in [5, 5.41) is 28.2. The lowest BCUT2D eigenvalue weighted by molar-refractivity contribution is -0.290. The quantitative estimate of drug-likeness (QED) is 0.515. The lowest BCUT2D eigenvalue weighted by Crippen LogP contribution is -2.57. The van der Waals surface area contributed by atoms with Gasteiger partial charge in [-0.15, -0.1) is 6.58 Å². The van der Waals surface area contributed by atoms with Crippen molar-refractivity contribution in [3.8, 4) is 0 Å². The Kier molecular flexibility index (Phi) is 4.03. The second kappa shape index (κ2) is 4.86. The molecule has 5 atom stereocenters. The van der Waals surface area contributed by atoms with E-state index in [-0.39, 0.29) is 6.61 Å². The summed E-state index contributed by atoms with van der Waals surface area (Å²) in [6, 6.07) is 0. The molecule has 0 saturated carbocycles. The Balaban J connectivity index is 2.55. The van der Waals surface area contributed by atoms with Gasteiger partial charge in [-0.05, 0) is 6.92 Å². The summed E-state index contributed by atoms with van der Waals surface area (Å²) >= 11 is 0. The van der Waals surface area contributed by atoms with Crippen LogP contribution in [0.15, 0.2) is 12.7 Å². The summed E-state index contributed by atoms with van der Waals surface area (Å²) in [6.07, 6.45) is -3.54. The first-order valence-corrected chi connectivity index (χ1v) is 4.50. The molecule has 1 fully saturated rings. The lowest BCUT2D eigenvalue weighted by atomic mass is 10.0. The normalized spacial score (nSPS) is 43.6. The third-order valence-corrected chi connectivity index (χ3v) is 2.19. The highest BCUT2D eigenvalue weighted by Crippen LogP contribution is 2.21. The van der Waals surface area contributed by atoms with E-state index in [1.807, 2.05) is 0 Å². The van der Waals surface area contributed by atoms with Crippen LogP contribution in [-0.2, 0) is 9.47 Å². The third kappa shape index (κ3) is 2.31. The number of hydrogen-bond donors (Lipinski definition) is 3. The molecule has 82 valence electrons. The van der Waals surface area contributed by atoms with E-state index in [9.17, 15) is 15.3 Å². The Morgan fingerprint density at radius 2 is 1.93 bits per heavy atom. The number of hydrogen-bond acceptors (Lipinski definition) is 5. The van der Waals surface area contributed by atoms with Crippen molar-refractivity contribution in [2.24, 2.45) is 0 Å². The van der Waals surface area contributed by atoms with Gasteiger partial charge in [0.1, 0.15) is 18.3 Å². The molecule has 1 aliphatic heterocycles. The molecule has 0 amide bonds. The van der Waals surface area contributed by atoms with Crippen LogP contribution in [0.1, 0.15) is 6.92 Å². The van der Waals surface area contributed by atoms with Gasteiger partial charge in [0.15, 0.2) is 6.29 Å². The maximum atomic E-state index is 9.46. The fourth-order valence-corrected chi connectivity index (χ4v) is 1.31. The topological polar surface area (TPSA) is 79.2 Å². The first-order valence-electron chi connectivity index (χ1n) is 4.50. The van der Waals surface area contributed by atoms with Crippen LogP contribution >= 0.6 is 0 Å². The molecule has 1 aliphatic rings. The summed E-state index contributed by atoms with van der Waals surface area (Å²) in [6.45, 7) is 5.27. The fourth-order valence-electron chi connectivity index (χ4n) is 1.31. The van der Waals surface area contributed by atoms with E-state index in [0.29, 0.717) is 0 Å². The zero-order valence-electron chi connectivity index (χ0n) is 8.04. The van der Waals surface area contributed by atoms with Crippen molar-refractivity contribution in [3.05, 3.63) is 12.7 Å². The summed E-state index contributed by atoms with van der Waals surface area (Å²) < 4.78 is 10.2. The van der Waals surface area contributed by atoms with Gasteiger partial charge in [-0.1, -0.05) is 6.08 Å². The first kappa shape index (κ1) is 11.6. The third-order valence-electron chi connectivity index (χ3n) is 2.19. The van der Waals surface area contributed by atoms with E-state index >= 15 is 0 Å². The summed E-state index contributed by atoms with van der Waals surface area (Å²) in [5.41, 5.74) is 0. The molecular formula is C9H16O5. The van der Waals surface area contributed by atoms with Crippen molar-refractivity contribution in [2.45, 2.75) is 37.6 Å². The molecule has 3 N–H and O–H groups in total. The van der Waals surface area contributed by atoms with Gasteiger partial charge in [-0.25, -0.2) is 0 Å². The van der Waals surface area contributed by atoms with Crippen molar-refractivity contribution >= 4 is 0 Å². The maximum absolute atomic E-state index is 9.46. The number of aliphatic hydroxyl groups excluding tert-OH is 3. The van der Waals surface area contributed by atoms with Gasteiger partial charge in [0.2, 0.25) is 0 Å². The molecule has 5 heteroatoms. The van der Waals surface area contributed by atoms with Crippen molar-refractivity contribution < 1.29 is 24.8 Å². The summed E-state index contributed by atoms with van der Waals surface area (Å²) in [4.78, 5) is 0. The van der Waals surface area contributed by atoms with E-state index in [1.165, 1.54) is 6.08 Å². The molecule has 1 saturated heterocycles. The van der Waals surface area contributed by atoms with Gasteiger partial charge in [-0.3, -0.25) is 0 Å². The lowest BCUT2D eigenvalue weighted by Gasteiger charge is -2.38. The molecule has 0 radical (unpaired) electrons. The average molecular weight is 204 g/mol. The van der Waals surface area contributed by atoms with E-state index in [4.69, 9.17) is 9.47 Å². The van der Waals surface area contributed by atoms with Crippen LogP contribution in [0.3, 0.4) is 0 Å². The number of aliphatic hydroxyl groups is 3. The van der Waals surface area contributed by atoms with Gasteiger partial charge in [-0.2, -0.15) is 0 Å². The molecule has 14 heavy (non-hydrogen) atoms. The maximum Gasteiger partial charge on any atom is 0.186 e. The monoisotopic (exact) mass is 204 g/mol. The van der Waals surface area contributed by atoms with Crippen molar-refractivity contribution in [2.75, 3.05) is 6.61 Å². The van der Waals surface area contributed by atoms with Gasteiger partial charge in [0.25, 0.3) is 0 Å². The molecular weight excluding hydrogens is 188 g/mol. The first-order chi connectivity index (χ1) is 6.57. The second-order valence-electron chi connectivity index (χ2n) is 3.30. The molecule has 5 unspecified atom stereocenters. The van der Waals surface area contributed by atoms with Gasteiger partial charge >= 0.3 is 0 Å². The molecule has 0 aromatic rings. The predicted molar refractivity (Wildman–Crippen MR) is 48.5 cm³/mol. The number of rotatable bonds is 3. The molecule has 0 bridgehead atoms. The fraction of sp³-hybridized carbons (Fsp3) is 0.778. The van der Waals surface area contributed by atoms with Crippen molar-refractivity contribution in [1.82, 2.24) is 0 Å². The van der Waals surface area contributed by atoms with Crippen LogP contribution in [-0.4, -0.2) is 52.6 Å². The minimum atomic E-state index is -1.24. The van der Waals surface area contributed by atoms with E-state index < -0.39 is 30.7 Å². The van der Waals surface area contributed by atoms with Crippen LogP contribution < -0.4 is 0 Å². The average Bonchev–Trinajstić information content (AvgIpc) is 2.18. The minimum absolute atomic E-state index is 0.220. The number of ether oxygens (including phenoxy) is 2. The smallest absolute Gasteiger partial charge is 0.186 e. The molecule has 5 nitrogen and oxygen atoms in total. The predicted octanol–water partition coefficient (Wildman–Crippen LogP) is -0.984. The van der Waals surface area contributed by atoms with E-state index in [1.54, 1.807) is 6.92 Å². The summed E-state index contributed by atoms with van der Waals surface area (Å²) in [5.74, 6) is 0. The molecule has 1 heterocycles. The van der Waals surface area contributed by atoms with Crippen LogP contribution in [0.4, 0.5) is 0 Å². The zero-order chi connectivity index (χ0) is 10.7. The Labute approximate surface area is 82.6 Å². The van der Waals surface area contributed by atoms with E-state index in [2.05, 4.69) is 6.58 Å². The van der Waals surface area contributed by atoms with Crippen molar-refractivity contribution in [3.63, 3.8) is 0 Å². The Morgan fingerprint density at radius 3 is 2.50 bits per heavy atom. The molecule has 0 aromatic heterocycles. The van der Waals surface area contributed by atoms with Crippen LogP contribution in [0, 0.1) is 0 Å². The highest BCUT2D eigenvalue weighted by atomic mass is 16.7. The van der Waals surface area contributed by atoms with Gasteiger partial charge in [0, 0.05) is 0 Å². The Hall–Kier alpha value is -0.460. The highest BCUT2D eigenvalue weighted by molar-refractivity contribution is 4.87. The SMILES string of the molecule is C=CCOC1OC(C)C(O)C(O)C1O. The second-order valence-corrected chi connectivity index (χ2v) is 3.30. The zero-order valence-corrected chi connectivity index (χ0v) is 8.04. The largest absolute Gasteiger partial charge is 0.388 e. The molecule has 1 rings (SSSR count). The van der Waals surface area contributed by atoms with Crippen LogP contribution in [0.5, 0.6) is 0 Å². The highest BCUT2D eigenvalue weighted by Gasteiger charge is 2.42.